The van der Waals surface area contributed by atoms with E-state index in [2.05, 4.69) is 32.1 Å². The molecule has 1 aliphatic heterocycles. The Kier molecular flexibility index (Phi) is 7.78. The van der Waals surface area contributed by atoms with Crippen molar-refractivity contribution in [2.24, 2.45) is 29.6 Å². The van der Waals surface area contributed by atoms with Crippen LogP contribution in [0.2, 0.25) is 0 Å². The molecular formula is C25H38O5. The third kappa shape index (κ3) is 5.35. The van der Waals surface area contributed by atoms with Gasteiger partial charge < -0.3 is 14.2 Å². The summed E-state index contributed by atoms with van der Waals surface area (Å²) in [6, 6.07) is 0. The van der Waals surface area contributed by atoms with Crippen LogP contribution in [-0.4, -0.2) is 37.4 Å². The zero-order valence-corrected chi connectivity index (χ0v) is 19.1. The molecule has 0 aromatic heterocycles. The van der Waals surface area contributed by atoms with E-state index in [-0.39, 0.29) is 42.1 Å². The van der Waals surface area contributed by atoms with Crippen LogP contribution in [0.5, 0.6) is 0 Å². The molecule has 0 N–H and O–H groups in total. The topological polar surface area (TPSA) is 61.8 Å². The van der Waals surface area contributed by atoms with Crippen LogP contribution in [0.25, 0.3) is 0 Å². The van der Waals surface area contributed by atoms with E-state index in [1.807, 2.05) is 13.8 Å². The fraction of sp³-hybridized carbons (Fsp3) is 0.760. The van der Waals surface area contributed by atoms with Crippen LogP contribution in [0.3, 0.4) is 0 Å². The van der Waals surface area contributed by atoms with Gasteiger partial charge in [-0.1, -0.05) is 45.9 Å². The van der Waals surface area contributed by atoms with Gasteiger partial charge in [-0.15, -0.1) is 0 Å². The number of carbonyl (C=O) groups excluding carboxylic acids is 2. The highest BCUT2D eigenvalue weighted by Crippen LogP contribution is 2.45. The van der Waals surface area contributed by atoms with Gasteiger partial charge in [-0.2, -0.15) is 0 Å². The Bertz CT molecular complexity index is 681. The Balaban J connectivity index is 1.73. The van der Waals surface area contributed by atoms with Gasteiger partial charge in [0.15, 0.2) is 0 Å². The van der Waals surface area contributed by atoms with E-state index >= 15 is 0 Å². The summed E-state index contributed by atoms with van der Waals surface area (Å²) in [5, 5.41) is 0. The van der Waals surface area contributed by atoms with Crippen LogP contribution in [0, 0.1) is 29.6 Å². The number of cyclic esters (lactones) is 1. The Hall–Kier alpha value is -1.62. The summed E-state index contributed by atoms with van der Waals surface area (Å²) >= 11 is 0. The number of ether oxygens (including phenoxy) is 3. The normalized spacial score (nSPS) is 37.0. The Labute approximate surface area is 181 Å². The van der Waals surface area contributed by atoms with Gasteiger partial charge in [-0.05, 0) is 49.0 Å². The molecule has 8 unspecified atom stereocenters. The molecule has 5 heteroatoms. The van der Waals surface area contributed by atoms with Crippen LogP contribution in [0.1, 0.15) is 66.2 Å². The summed E-state index contributed by atoms with van der Waals surface area (Å²) in [5.41, 5.74) is 1.30. The summed E-state index contributed by atoms with van der Waals surface area (Å²) < 4.78 is 17.1. The fourth-order valence-corrected chi connectivity index (χ4v) is 5.23. The number of esters is 2. The monoisotopic (exact) mass is 418 g/mol. The van der Waals surface area contributed by atoms with Gasteiger partial charge in [0, 0.05) is 19.4 Å². The zero-order chi connectivity index (χ0) is 21.8. The first-order chi connectivity index (χ1) is 14.3. The first-order valence-corrected chi connectivity index (χ1v) is 11.6. The highest BCUT2D eigenvalue weighted by molar-refractivity contribution is 5.72. The van der Waals surface area contributed by atoms with Crippen molar-refractivity contribution in [2.45, 2.75) is 84.5 Å². The molecule has 1 fully saturated rings. The minimum Gasteiger partial charge on any atom is -0.462 e. The second kappa shape index (κ2) is 10.1. The van der Waals surface area contributed by atoms with Crippen LogP contribution in [-0.2, 0) is 23.8 Å². The molecule has 5 nitrogen and oxygen atoms in total. The molecule has 0 bridgehead atoms. The van der Waals surface area contributed by atoms with Crippen molar-refractivity contribution in [2.75, 3.05) is 7.11 Å². The standard InChI is InChI=1S/C25H38O5/c1-6-16(3)25(27)30-22-12-15(2)11-18-8-7-17(4)21(24(18)22)10-9-19-13-20(28-5)14-23(26)29-19/h7-8,11,15-17,19-22,24H,6,9-10,12-14H2,1-5H3. The smallest absolute Gasteiger partial charge is 0.308 e. The van der Waals surface area contributed by atoms with Crippen molar-refractivity contribution in [3.8, 4) is 0 Å². The second-order valence-corrected chi connectivity index (χ2v) is 9.56. The van der Waals surface area contributed by atoms with E-state index in [1.54, 1.807) is 7.11 Å². The Morgan fingerprint density at radius 2 is 2.03 bits per heavy atom. The van der Waals surface area contributed by atoms with Crippen LogP contribution < -0.4 is 0 Å². The predicted octanol–water partition coefficient (Wildman–Crippen LogP) is 4.85. The van der Waals surface area contributed by atoms with Crippen molar-refractivity contribution in [3.05, 3.63) is 23.8 Å². The molecule has 168 valence electrons. The number of allylic oxidation sites excluding steroid dienone is 3. The summed E-state index contributed by atoms with van der Waals surface area (Å²) in [6.07, 6.45) is 11.2. The lowest BCUT2D eigenvalue weighted by Crippen LogP contribution is -2.42. The number of hydrogen-bond acceptors (Lipinski definition) is 5. The molecule has 2 aliphatic carbocycles. The third-order valence-electron chi connectivity index (χ3n) is 7.25. The van der Waals surface area contributed by atoms with E-state index in [1.165, 1.54) is 5.57 Å². The Morgan fingerprint density at radius 1 is 1.27 bits per heavy atom. The molecule has 0 radical (unpaired) electrons. The Morgan fingerprint density at radius 3 is 2.73 bits per heavy atom. The number of rotatable bonds is 7. The van der Waals surface area contributed by atoms with Crippen molar-refractivity contribution >= 4 is 11.9 Å². The van der Waals surface area contributed by atoms with Crippen molar-refractivity contribution < 1.29 is 23.8 Å². The largest absolute Gasteiger partial charge is 0.462 e. The molecule has 0 spiro atoms. The molecule has 0 amide bonds. The SMILES string of the molecule is CCC(C)C(=O)OC1CC(C)C=C2C=CC(C)C(CCC3CC(OC)CC(=O)O3)C21. The van der Waals surface area contributed by atoms with Crippen LogP contribution >= 0.6 is 0 Å². The van der Waals surface area contributed by atoms with Gasteiger partial charge in [-0.3, -0.25) is 9.59 Å². The molecule has 8 atom stereocenters. The van der Waals surface area contributed by atoms with Gasteiger partial charge in [0.2, 0.25) is 0 Å². The summed E-state index contributed by atoms with van der Waals surface area (Å²) in [7, 11) is 1.66. The molecule has 0 aromatic rings. The minimum absolute atomic E-state index is 0.0462. The molecule has 1 heterocycles. The highest BCUT2D eigenvalue weighted by atomic mass is 16.6. The molecule has 30 heavy (non-hydrogen) atoms. The lowest BCUT2D eigenvalue weighted by atomic mass is 9.65. The number of hydrogen-bond donors (Lipinski definition) is 0. The molecular weight excluding hydrogens is 380 g/mol. The van der Waals surface area contributed by atoms with E-state index in [9.17, 15) is 9.59 Å². The first-order valence-electron chi connectivity index (χ1n) is 11.6. The average Bonchev–Trinajstić information content (AvgIpc) is 2.71. The van der Waals surface area contributed by atoms with E-state index in [4.69, 9.17) is 14.2 Å². The van der Waals surface area contributed by atoms with Gasteiger partial charge in [0.1, 0.15) is 12.2 Å². The van der Waals surface area contributed by atoms with Crippen LogP contribution in [0.15, 0.2) is 23.8 Å². The third-order valence-corrected chi connectivity index (χ3v) is 7.25. The lowest BCUT2D eigenvalue weighted by molar-refractivity contribution is -0.163. The number of methoxy groups -OCH3 is 1. The number of fused-ring (bicyclic) bond motifs is 1. The van der Waals surface area contributed by atoms with Crippen molar-refractivity contribution in [1.82, 2.24) is 0 Å². The summed E-state index contributed by atoms with van der Waals surface area (Å²) in [4.78, 5) is 24.5. The van der Waals surface area contributed by atoms with E-state index in [0.29, 0.717) is 24.2 Å². The maximum absolute atomic E-state index is 12.6. The molecule has 3 rings (SSSR count). The van der Waals surface area contributed by atoms with Crippen molar-refractivity contribution in [1.29, 1.82) is 0 Å². The fourth-order valence-electron chi connectivity index (χ4n) is 5.23. The van der Waals surface area contributed by atoms with Gasteiger partial charge in [0.25, 0.3) is 0 Å². The van der Waals surface area contributed by atoms with E-state index in [0.717, 1.165) is 32.1 Å². The van der Waals surface area contributed by atoms with Gasteiger partial charge >= 0.3 is 11.9 Å². The second-order valence-electron chi connectivity index (χ2n) is 9.56. The quantitative estimate of drug-likeness (QED) is 0.553. The van der Waals surface area contributed by atoms with Gasteiger partial charge in [0.05, 0.1) is 18.4 Å². The molecule has 1 saturated heterocycles. The summed E-state index contributed by atoms with van der Waals surface area (Å²) in [6.45, 7) is 8.40. The summed E-state index contributed by atoms with van der Waals surface area (Å²) in [5.74, 6) is 1.05. The molecule has 3 aliphatic rings. The van der Waals surface area contributed by atoms with E-state index < -0.39 is 0 Å². The molecule has 0 aromatic carbocycles. The maximum atomic E-state index is 12.6. The molecule has 0 saturated carbocycles. The van der Waals surface area contributed by atoms with Crippen molar-refractivity contribution in [3.63, 3.8) is 0 Å². The first kappa shape index (κ1) is 23.1. The predicted molar refractivity (Wildman–Crippen MR) is 116 cm³/mol. The number of carbonyl (C=O) groups is 2. The highest BCUT2D eigenvalue weighted by Gasteiger charge is 2.42. The lowest BCUT2D eigenvalue weighted by Gasteiger charge is -2.43. The van der Waals surface area contributed by atoms with Gasteiger partial charge in [-0.25, -0.2) is 0 Å². The zero-order valence-electron chi connectivity index (χ0n) is 19.1. The minimum atomic E-state index is -0.165. The average molecular weight is 419 g/mol. The maximum Gasteiger partial charge on any atom is 0.308 e. The van der Waals surface area contributed by atoms with Crippen LogP contribution in [0.4, 0.5) is 0 Å².